The molecule has 0 radical (unpaired) electrons. The average molecular weight is 475 g/mol. The molecule has 0 aromatic heterocycles. The number of benzene rings is 2. The predicted octanol–water partition coefficient (Wildman–Crippen LogP) is 3.61. The first kappa shape index (κ1) is 24.9. The SMILES string of the molecule is COc1ccc(CC(=O)N(Cc2ccc(Cl)cc2)C(C)C(=O)NCC2CCCO2)cc1OC. The van der Waals surface area contributed by atoms with Gasteiger partial charge in [0.25, 0.3) is 0 Å². The fraction of sp³-hybridized carbons (Fsp3) is 0.440. The summed E-state index contributed by atoms with van der Waals surface area (Å²) in [7, 11) is 3.12. The number of nitrogens with zero attached hydrogens (tertiary/aromatic N) is 1. The maximum absolute atomic E-state index is 13.4. The molecule has 2 aromatic rings. The van der Waals surface area contributed by atoms with E-state index in [-0.39, 0.29) is 30.9 Å². The van der Waals surface area contributed by atoms with Crippen LogP contribution in [0.15, 0.2) is 42.5 Å². The lowest BCUT2D eigenvalue weighted by Gasteiger charge is -2.29. The number of hydrogen-bond donors (Lipinski definition) is 1. The summed E-state index contributed by atoms with van der Waals surface area (Å²) in [6.07, 6.45) is 2.09. The summed E-state index contributed by atoms with van der Waals surface area (Å²) in [6, 6.07) is 12.0. The molecular weight excluding hydrogens is 444 g/mol. The van der Waals surface area contributed by atoms with Gasteiger partial charge in [-0.3, -0.25) is 9.59 Å². The van der Waals surface area contributed by atoms with Crippen molar-refractivity contribution in [3.8, 4) is 11.5 Å². The van der Waals surface area contributed by atoms with Crippen molar-refractivity contribution in [3.05, 3.63) is 58.6 Å². The molecule has 1 fully saturated rings. The molecule has 2 atom stereocenters. The van der Waals surface area contributed by atoms with Crippen LogP contribution >= 0.6 is 11.6 Å². The highest BCUT2D eigenvalue weighted by Crippen LogP contribution is 2.28. The second-order valence-corrected chi connectivity index (χ2v) is 8.51. The van der Waals surface area contributed by atoms with Gasteiger partial charge in [-0.1, -0.05) is 29.8 Å². The van der Waals surface area contributed by atoms with Gasteiger partial charge in [-0.15, -0.1) is 0 Å². The van der Waals surface area contributed by atoms with Crippen LogP contribution in [-0.4, -0.2) is 56.2 Å². The average Bonchev–Trinajstić information content (AvgIpc) is 3.35. The van der Waals surface area contributed by atoms with Gasteiger partial charge < -0.3 is 24.4 Å². The van der Waals surface area contributed by atoms with Crippen LogP contribution < -0.4 is 14.8 Å². The number of rotatable bonds is 10. The second-order valence-electron chi connectivity index (χ2n) is 8.07. The molecule has 8 heteroatoms. The number of methoxy groups -OCH3 is 2. The van der Waals surface area contributed by atoms with Gasteiger partial charge in [0.05, 0.1) is 26.7 Å². The quantitative estimate of drug-likeness (QED) is 0.569. The summed E-state index contributed by atoms with van der Waals surface area (Å²) in [4.78, 5) is 27.9. The molecule has 1 aliphatic rings. The van der Waals surface area contributed by atoms with E-state index in [0.717, 1.165) is 30.6 Å². The Kier molecular flexibility index (Phi) is 8.97. The molecule has 0 saturated carbocycles. The van der Waals surface area contributed by atoms with Crippen LogP contribution in [0.3, 0.4) is 0 Å². The van der Waals surface area contributed by atoms with Gasteiger partial charge in [0.2, 0.25) is 11.8 Å². The van der Waals surface area contributed by atoms with Crippen LogP contribution in [0.2, 0.25) is 5.02 Å². The standard InChI is InChI=1S/C25H31ClN2O5/c1-17(25(30)27-15-21-5-4-12-33-21)28(16-18-6-9-20(26)10-7-18)24(29)14-19-8-11-22(31-2)23(13-19)32-3/h6-11,13,17,21H,4-5,12,14-16H2,1-3H3,(H,27,30). The minimum Gasteiger partial charge on any atom is -0.493 e. The number of carbonyl (C=O) groups is 2. The number of nitrogens with one attached hydrogen (secondary N) is 1. The Labute approximate surface area is 200 Å². The Morgan fingerprint density at radius 3 is 2.45 bits per heavy atom. The van der Waals surface area contributed by atoms with Crippen LogP contribution in [0.5, 0.6) is 11.5 Å². The van der Waals surface area contributed by atoms with Crippen LogP contribution in [0, 0.1) is 0 Å². The molecule has 178 valence electrons. The van der Waals surface area contributed by atoms with Gasteiger partial charge in [-0.2, -0.15) is 0 Å². The van der Waals surface area contributed by atoms with Crippen molar-refractivity contribution in [2.24, 2.45) is 0 Å². The first-order valence-electron chi connectivity index (χ1n) is 11.1. The molecule has 1 aliphatic heterocycles. The fourth-order valence-corrected chi connectivity index (χ4v) is 3.93. The molecule has 2 amide bonds. The highest BCUT2D eigenvalue weighted by Gasteiger charge is 2.27. The summed E-state index contributed by atoms with van der Waals surface area (Å²) >= 11 is 6.01. The van der Waals surface area contributed by atoms with E-state index in [1.165, 1.54) is 0 Å². The Bertz CT molecular complexity index is 944. The van der Waals surface area contributed by atoms with E-state index >= 15 is 0 Å². The van der Waals surface area contributed by atoms with Gasteiger partial charge in [0.15, 0.2) is 11.5 Å². The molecule has 1 heterocycles. The molecule has 33 heavy (non-hydrogen) atoms. The van der Waals surface area contributed by atoms with Gasteiger partial charge >= 0.3 is 0 Å². The molecule has 0 spiro atoms. The van der Waals surface area contributed by atoms with Crippen LogP contribution in [0.4, 0.5) is 0 Å². The Hall–Kier alpha value is -2.77. The normalized spacial score (nSPS) is 16.2. The number of ether oxygens (including phenoxy) is 3. The van der Waals surface area contributed by atoms with E-state index in [0.29, 0.717) is 23.1 Å². The van der Waals surface area contributed by atoms with Gasteiger partial charge in [-0.25, -0.2) is 0 Å². The summed E-state index contributed by atoms with van der Waals surface area (Å²) < 4.78 is 16.2. The molecular formula is C25H31ClN2O5. The highest BCUT2D eigenvalue weighted by molar-refractivity contribution is 6.30. The maximum Gasteiger partial charge on any atom is 0.242 e. The molecule has 1 N–H and O–H groups in total. The Morgan fingerprint density at radius 2 is 1.82 bits per heavy atom. The second kappa shape index (κ2) is 11.9. The van der Waals surface area contributed by atoms with Crippen molar-refractivity contribution in [2.45, 2.75) is 44.9 Å². The third-order valence-electron chi connectivity index (χ3n) is 5.76. The summed E-state index contributed by atoms with van der Waals surface area (Å²) in [6.45, 7) is 3.20. The molecule has 1 saturated heterocycles. The van der Waals surface area contributed by atoms with Crippen LogP contribution in [0.1, 0.15) is 30.9 Å². The predicted molar refractivity (Wildman–Crippen MR) is 127 cm³/mol. The topological polar surface area (TPSA) is 77.1 Å². The van der Waals surface area contributed by atoms with Gasteiger partial charge in [0, 0.05) is 24.7 Å². The van der Waals surface area contributed by atoms with Crippen molar-refractivity contribution in [2.75, 3.05) is 27.4 Å². The third kappa shape index (κ3) is 6.85. The first-order valence-corrected chi connectivity index (χ1v) is 11.4. The zero-order valence-corrected chi connectivity index (χ0v) is 20.1. The number of hydrogen-bond acceptors (Lipinski definition) is 5. The summed E-state index contributed by atoms with van der Waals surface area (Å²) in [5, 5.41) is 3.55. The Morgan fingerprint density at radius 1 is 1.12 bits per heavy atom. The molecule has 2 unspecified atom stereocenters. The van der Waals surface area contributed by atoms with Crippen molar-refractivity contribution in [1.29, 1.82) is 0 Å². The summed E-state index contributed by atoms with van der Waals surface area (Å²) in [5.74, 6) is 0.764. The van der Waals surface area contributed by atoms with Crippen molar-refractivity contribution in [3.63, 3.8) is 0 Å². The van der Waals surface area contributed by atoms with E-state index in [9.17, 15) is 9.59 Å². The van der Waals surface area contributed by atoms with E-state index in [4.69, 9.17) is 25.8 Å². The van der Waals surface area contributed by atoms with E-state index in [1.54, 1.807) is 50.3 Å². The van der Waals surface area contributed by atoms with Gasteiger partial charge in [0.1, 0.15) is 6.04 Å². The number of carbonyl (C=O) groups excluding carboxylic acids is 2. The lowest BCUT2D eigenvalue weighted by Crippen LogP contribution is -2.49. The lowest BCUT2D eigenvalue weighted by molar-refractivity contribution is -0.140. The minimum atomic E-state index is -0.658. The van der Waals surface area contributed by atoms with Crippen LogP contribution in [-0.2, 0) is 27.3 Å². The highest BCUT2D eigenvalue weighted by atomic mass is 35.5. The zero-order chi connectivity index (χ0) is 23.8. The maximum atomic E-state index is 13.4. The third-order valence-corrected chi connectivity index (χ3v) is 6.02. The molecule has 2 aromatic carbocycles. The van der Waals surface area contributed by atoms with Crippen molar-refractivity contribution < 1.29 is 23.8 Å². The van der Waals surface area contributed by atoms with Gasteiger partial charge in [-0.05, 0) is 55.2 Å². The van der Waals surface area contributed by atoms with Crippen molar-refractivity contribution in [1.82, 2.24) is 10.2 Å². The van der Waals surface area contributed by atoms with E-state index < -0.39 is 6.04 Å². The smallest absolute Gasteiger partial charge is 0.242 e. The Balaban J connectivity index is 1.75. The van der Waals surface area contributed by atoms with Crippen LogP contribution in [0.25, 0.3) is 0 Å². The lowest BCUT2D eigenvalue weighted by atomic mass is 10.1. The van der Waals surface area contributed by atoms with E-state index in [1.807, 2.05) is 18.2 Å². The fourth-order valence-electron chi connectivity index (χ4n) is 3.80. The van der Waals surface area contributed by atoms with E-state index in [2.05, 4.69) is 5.32 Å². The number of halogens is 1. The summed E-state index contributed by atoms with van der Waals surface area (Å²) in [5.41, 5.74) is 1.66. The monoisotopic (exact) mass is 474 g/mol. The molecule has 3 rings (SSSR count). The zero-order valence-electron chi connectivity index (χ0n) is 19.3. The molecule has 0 aliphatic carbocycles. The van der Waals surface area contributed by atoms with Crippen molar-refractivity contribution >= 4 is 23.4 Å². The molecule has 7 nitrogen and oxygen atoms in total. The largest absolute Gasteiger partial charge is 0.493 e. The first-order chi connectivity index (χ1) is 15.9. The number of amides is 2. The molecule has 0 bridgehead atoms. The minimum absolute atomic E-state index is 0.0355.